The van der Waals surface area contributed by atoms with Gasteiger partial charge in [0.25, 0.3) is 5.91 Å². The number of nitrogen functional groups attached to an aromatic ring is 1. The SMILES string of the molecule is COc1cc(N)c(Cl)cc1C(=O)N[C@H]1CC2CCCN(C2)C1. The Balaban J connectivity index is 1.73. The molecule has 3 atom stereocenters. The lowest BCUT2D eigenvalue weighted by molar-refractivity contribution is 0.0775. The molecule has 6 heteroatoms. The van der Waals surface area contributed by atoms with Gasteiger partial charge in [-0.1, -0.05) is 11.6 Å². The van der Waals surface area contributed by atoms with Crippen molar-refractivity contribution in [2.75, 3.05) is 32.5 Å². The van der Waals surface area contributed by atoms with Gasteiger partial charge in [0, 0.05) is 25.2 Å². The lowest BCUT2D eigenvalue weighted by Crippen LogP contribution is -2.52. The molecular weight excluding hydrogens is 302 g/mol. The zero-order valence-electron chi connectivity index (χ0n) is 12.8. The number of rotatable bonds is 3. The fraction of sp³-hybridized carbons (Fsp3) is 0.562. The molecule has 0 spiro atoms. The van der Waals surface area contributed by atoms with Crippen molar-refractivity contribution in [3.05, 3.63) is 22.7 Å². The second-order valence-electron chi connectivity index (χ2n) is 6.25. The quantitative estimate of drug-likeness (QED) is 0.836. The fourth-order valence-electron chi connectivity index (χ4n) is 3.58. The van der Waals surface area contributed by atoms with Gasteiger partial charge in [0.15, 0.2) is 0 Å². The van der Waals surface area contributed by atoms with E-state index in [1.165, 1.54) is 26.5 Å². The van der Waals surface area contributed by atoms with Crippen LogP contribution in [0.1, 0.15) is 29.6 Å². The summed E-state index contributed by atoms with van der Waals surface area (Å²) in [5.41, 5.74) is 6.61. The van der Waals surface area contributed by atoms with E-state index in [1.807, 2.05) is 0 Å². The lowest BCUT2D eigenvalue weighted by atomic mass is 9.87. The monoisotopic (exact) mass is 323 g/mol. The number of carbonyl (C=O) groups excluding carboxylic acids is 1. The van der Waals surface area contributed by atoms with Crippen LogP contribution in [-0.2, 0) is 0 Å². The minimum atomic E-state index is -0.148. The zero-order chi connectivity index (χ0) is 15.7. The highest BCUT2D eigenvalue weighted by atomic mass is 35.5. The van der Waals surface area contributed by atoms with Gasteiger partial charge in [-0.15, -0.1) is 0 Å². The van der Waals surface area contributed by atoms with Gasteiger partial charge in [-0.25, -0.2) is 0 Å². The number of ether oxygens (including phenoxy) is 1. The van der Waals surface area contributed by atoms with Crippen LogP contribution in [-0.4, -0.2) is 43.6 Å². The third-order valence-corrected chi connectivity index (χ3v) is 4.93. The van der Waals surface area contributed by atoms with E-state index in [-0.39, 0.29) is 11.9 Å². The van der Waals surface area contributed by atoms with Crippen LogP contribution in [0.15, 0.2) is 12.1 Å². The first kappa shape index (κ1) is 15.4. The standard InChI is InChI=1S/C16H22ClN3O2/c1-22-15-7-14(18)13(17)6-12(15)16(21)19-11-5-10-3-2-4-20(8-10)9-11/h6-7,10-11H,2-5,8-9,18H2,1H3,(H,19,21)/t10?,11-/m0/s1. The van der Waals surface area contributed by atoms with E-state index in [2.05, 4.69) is 10.2 Å². The van der Waals surface area contributed by atoms with E-state index in [4.69, 9.17) is 22.1 Å². The number of nitrogens with two attached hydrogens (primary N) is 1. The summed E-state index contributed by atoms with van der Waals surface area (Å²) in [6, 6.07) is 3.36. The summed E-state index contributed by atoms with van der Waals surface area (Å²) in [5, 5.41) is 3.50. The van der Waals surface area contributed by atoms with Crippen LogP contribution in [0.5, 0.6) is 5.75 Å². The largest absolute Gasteiger partial charge is 0.496 e. The summed E-state index contributed by atoms with van der Waals surface area (Å²) < 4.78 is 5.26. The van der Waals surface area contributed by atoms with Crippen molar-refractivity contribution in [1.29, 1.82) is 0 Å². The number of methoxy groups -OCH3 is 1. The van der Waals surface area contributed by atoms with Gasteiger partial charge in [-0.05, 0) is 37.8 Å². The maximum atomic E-state index is 12.6. The minimum absolute atomic E-state index is 0.148. The molecule has 0 aliphatic carbocycles. The van der Waals surface area contributed by atoms with Crippen molar-refractivity contribution in [3.63, 3.8) is 0 Å². The van der Waals surface area contributed by atoms with E-state index >= 15 is 0 Å². The molecule has 2 heterocycles. The summed E-state index contributed by atoms with van der Waals surface area (Å²) in [6.07, 6.45) is 3.58. The number of carbonyl (C=O) groups is 1. The average molecular weight is 324 g/mol. The number of hydrogen-bond donors (Lipinski definition) is 2. The van der Waals surface area contributed by atoms with E-state index in [0.29, 0.717) is 27.9 Å². The number of hydrogen-bond acceptors (Lipinski definition) is 4. The highest BCUT2D eigenvalue weighted by molar-refractivity contribution is 6.33. The molecule has 5 nitrogen and oxygen atoms in total. The van der Waals surface area contributed by atoms with Crippen molar-refractivity contribution >= 4 is 23.2 Å². The molecular formula is C16H22ClN3O2. The third kappa shape index (κ3) is 3.15. The van der Waals surface area contributed by atoms with Crippen LogP contribution in [0, 0.1) is 5.92 Å². The van der Waals surface area contributed by atoms with Crippen molar-refractivity contribution in [3.8, 4) is 5.75 Å². The van der Waals surface area contributed by atoms with Crippen LogP contribution >= 0.6 is 11.6 Å². The van der Waals surface area contributed by atoms with Gasteiger partial charge >= 0.3 is 0 Å². The van der Waals surface area contributed by atoms with Gasteiger partial charge in [0.2, 0.25) is 0 Å². The maximum Gasteiger partial charge on any atom is 0.255 e. The Morgan fingerprint density at radius 2 is 2.27 bits per heavy atom. The first-order valence-electron chi connectivity index (χ1n) is 7.73. The third-order valence-electron chi connectivity index (χ3n) is 4.60. The molecule has 0 saturated carbocycles. The first-order valence-corrected chi connectivity index (χ1v) is 8.11. The summed E-state index contributed by atoms with van der Waals surface area (Å²) >= 11 is 6.04. The molecule has 2 saturated heterocycles. The highest BCUT2D eigenvalue weighted by Crippen LogP contribution is 2.30. The normalized spacial score (nSPS) is 27.3. The molecule has 120 valence electrons. The Morgan fingerprint density at radius 3 is 3.00 bits per heavy atom. The number of nitrogens with one attached hydrogen (secondary N) is 1. The van der Waals surface area contributed by atoms with E-state index in [0.717, 1.165) is 19.5 Å². The van der Waals surface area contributed by atoms with E-state index in [9.17, 15) is 4.79 Å². The number of anilines is 1. The average Bonchev–Trinajstić information content (AvgIpc) is 2.49. The molecule has 3 N–H and O–H groups in total. The Labute approximate surface area is 135 Å². The summed E-state index contributed by atoms with van der Waals surface area (Å²) in [4.78, 5) is 15.0. The second-order valence-corrected chi connectivity index (χ2v) is 6.66. The van der Waals surface area contributed by atoms with Crippen molar-refractivity contribution < 1.29 is 9.53 Å². The van der Waals surface area contributed by atoms with Gasteiger partial charge < -0.3 is 20.7 Å². The Kier molecular flexibility index (Phi) is 4.45. The van der Waals surface area contributed by atoms with Crippen molar-refractivity contribution in [2.45, 2.75) is 25.3 Å². The molecule has 2 unspecified atom stereocenters. The molecule has 0 radical (unpaired) electrons. The zero-order valence-corrected chi connectivity index (χ0v) is 13.5. The summed E-state index contributed by atoms with van der Waals surface area (Å²) in [5.74, 6) is 1.00. The van der Waals surface area contributed by atoms with Crippen LogP contribution in [0.2, 0.25) is 5.02 Å². The highest BCUT2D eigenvalue weighted by Gasteiger charge is 2.31. The van der Waals surface area contributed by atoms with Gasteiger partial charge in [0.05, 0.1) is 23.4 Å². The smallest absolute Gasteiger partial charge is 0.255 e. The lowest BCUT2D eigenvalue weighted by Gasteiger charge is -2.41. The number of piperidine rings is 2. The predicted molar refractivity (Wildman–Crippen MR) is 87.5 cm³/mol. The topological polar surface area (TPSA) is 67.6 Å². The predicted octanol–water partition coefficient (Wildman–Crippen LogP) is 2.14. The van der Waals surface area contributed by atoms with Crippen LogP contribution in [0.4, 0.5) is 5.69 Å². The number of amides is 1. The number of benzene rings is 1. The number of halogens is 1. The van der Waals surface area contributed by atoms with Gasteiger partial charge in [-0.3, -0.25) is 4.79 Å². The maximum absolute atomic E-state index is 12.6. The van der Waals surface area contributed by atoms with E-state index in [1.54, 1.807) is 12.1 Å². The van der Waals surface area contributed by atoms with Crippen molar-refractivity contribution in [1.82, 2.24) is 10.2 Å². The summed E-state index contributed by atoms with van der Waals surface area (Å²) in [7, 11) is 1.52. The minimum Gasteiger partial charge on any atom is -0.496 e. The van der Waals surface area contributed by atoms with Crippen LogP contribution < -0.4 is 15.8 Å². The molecule has 0 aromatic heterocycles. The number of nitrogens with zero attached hydrogens (tertiary/aromatic N) is 1. The van der Waals surface area contributed by atoms with Crippen molar-refractivity contribution in [2.24, 2.45) is 5.92 Å². The molecule has 2 aliphatic heterocycles. The fourth-order valence-corrected chi connectivity index (χ4v) is 3.74. The molecule has 2 bridgehead atoms. The Morgan fingerprint density at radius 1 is 1.45 bits per heavy atom. The molecule has 2 aliphatic rings. The van der Waals surface area contributed by atoms with Crippen LogP contribution in [0.25, 0.3) is 0 Å². The Hall–Kier alpha value is -1.46. The van der Waals surface area contributed by atoms with Gasteiger partial charge in [0.1, 0.15) is 5.75 Å². The number of fused-ring (bicyclic) bond motifs is 2. The Bertz CT molecular complexity index is 567. The molecule has 22 heavy (non-hydrogen) atoms. The molecule has 3 rings (SSSR count). The molecule has 1 aromatic rings. The molecule has 1 amide bonds. The second kappa shape index (κ2) is 6.34. The van der Waals surface area contributed by atoms with Gasteiger partial charge in [-0.2, -0.15) is 0 Å². The first-order chi connectivity index (χ1) is 10.6. The molecule has 2 fully saturated rings. The van der Waals surface area contributed by atoms with Crippen LogP contribution in [0.3, 0.4) is 0 Å². The summed E-state index contributed by atoms with van der Waals surface area (Å²) in [6.45, 7) is 3.23. The van der Waals surface area contributed by atoms with E-state index < -0.39 is 0 Å². The molecule has 1 aromatic carbocycles.